The number of aldehydes is 1. The van der Waals surface area contributed by atoms with E-state index in [-0.39, 0.29) is 0 Å². The number of ether oxygens (including phenoxy) is 1. The fraction of sp³-hybridized carbons (Fsp3) is 0.0714. The van der Waals surface area contributed by atoms with Crippen LogP contribution in [0.25, 0.3) is 0 Å². The van der Waals surface area contributed by atoms with E-state index in [0.717, 1.165) is 17.6 Å². The molecule has 0 amide bonds. The first-order valence-electron chi connectivity index (χ1n) is 5.18. The van der Waals surface area contributed by atoms with E-state index in [2.05, 4.69) is 0 Å². The Hall–Kier alpha value is -1.80. The van der Waals surface area contributed by atoms with Gasteiger partial charge in [-0.2, -0.15) is 0 Å². The predicted molar refractivity (Wildman–Crippen MR) is 68.1 cm³/mol. The Labute approximate surface area is 105 Å². The van der Waals surface area contributed by atoms with Gasteiger partial charge in [-0.3, -0.25) is 4.79 Å². The fourth-order valence-electron chi connectivity index (χ4n) is 1.51. The minimum absolute atomic E-state index is 0.592. The van der Waals surface area contributed by atoms with Crippen LogP contribution in [0.4, 0.5) is 0 Å². The van der Waals surface area contributed by atoms with Crippen molar-refractivity contribution in [3.05, 3.63) is 58.6 Å². The number of benzene rings is 2. The Kier molecular flexibility index (Phi) is 3.45. The third kappa shape index (κ3) is 2.86. The van der Waals surface area contributed by atoms with Crippen molar-refractivity contribution in [1.82, 2.24) is 0 Å². The summed E-state index contributed by atoms with van der Waals surface area (Å²) in [6.07, 6.45) is 0.793. The number of hydrogen-bond donors (Lipinski definition) is 0. The van der Waals surface area contributed by atoms with Gasteiger partial charge >= 0.3 is 0 Å². The number of aryl methyl sites for hydroxylation is 1. The van der Waals surface area contributed by atoms with Crippen LogP contribution in [0.1, 0.15) is 15.9 Å². The Morgan fingerprint density at radius 1 is 1.18 bits per heavy atom. The van der Waals surface area contributed by atoms with Gasteiger partial charge < -0.3 is 4.74 Å². The van der Waals surface area contributed by atoms with Gasteiger partial charge in [0, 0.05) is 10.6 Å². The molecular formula is C14H11ClO2. The highest BCUT2D eigenvalue weighted by Gasteiger charge is 2.02. The van der Waals surface area contributed by atoms with E-state index in [1.807, 2.05) is 19.1 Å². The van der Waals surface area contributed by atoms with Gasteiger partial charge in [0.15, 0.2) is 0 Å². The Morgan fingerprint density at radius 3 is 2.71 bits per heavy atom. The summed E-state index contributed by atoms with van der Waals surface area (Å²) in [5.41, 5.74) is 1.54. The summed E-state index contributed by atoms with van der Waals surface area (Å²) in [7, 11) is 0. The normalized spacial score (nSPS) is 10.0. The molecule has 0 bridgehead atoms. The predicted octanol–water partition coefficient (Wildman–Crippen LogP) is 4.25. The molecular weight excluding hydrogens is 236 g/mol. The maximum absolute atomic E-state index is 10.6. The van der Waals surface area contributed by atoms with E-state index in [1.54, 1.807) is 30.3 Å². The molecule has 3 heteroatoms. The summed E-state index contributed by atoms with van der Waals surface area (Å²) >= 11 is 5.87. The van der Waals surface area contributed by atoms with Gasteiger partial charge in [0.05, 0.1) is 0 Å². The number of halogens is 1. The summed E-state index contributed by atoms with van der Waals surface area (Å²) in [5, 5.41) is 0.677. The molecule has 0 aliphatic rings. The minimum atomic E-state index is 0.592. The van der Waals surface area contributed by atoms with Gasteiger partial charge in [0.1, 0.15) is 17.8 Å². The lowest BCUT2D eigenvalue weighted by Gasteiger charge is -2.09. The lowest BCUT2D eigenvalue weighted by molar-refractivity contribution is 0.112. The van der Waals surface area contributed by atoms with Gasteiger partial charge in [-0.1, -0.05) is 23.7 Å². The molecule has 0 aliphatic carbocycles. The van der Waals surface area contributed by atoms with Crippen LogP contribution < -0.4 is 4.74 Å². The van der Waals surface area contributed by atoms with Crippen molar-refractivity contribution in [3.8, 4) is 11.5 Å². The Morgan fingerprint density at radius 2 is 2.00 bits per heavy atom. The summed E-state index contributed by atoms with van der Waals surface area (Å²) in [6, 6.07) is 12.4. The van der Waals surface area contributed by atoms with E-state index in [4.69, 9.17) is 16.3 Å². The van der Waals surface area contributed by atoms with Crippen LogP contribution in [0.3, 0.4) is 0 Å². The topological polar surface area (TPSA) is 26.3 Å². The number of hydrogen-bond acceptors (Lipinski definition) is 2. The van der Waals surface area contributed by atoms with Crippen LogP contribution in [-0.4, -0.2) is 6.29 Å². The molecule has 17 heavy (non-hydrogen) atoms. The third-order valence-corrected chi connectivity index (χ3v) is 2.59. The van der Waals surface area contributed by atoms with Crippen LogP contribution in [0.15, 0.2) is 42.5 Å². The molecule has 86 valence electrons. The second-order valence-corrected chi connectivity index (χ2v) is 4.14. The van der Waals surface area contributed by atoms with E-state index in [0.29, 0.717) is 16.3 Å². The molecule has 0 N–H and O–H groups in total. The monoisotopic (exact) mass is 246 g/mol. The Balaban J connectivity index is 2.27. The molecule has 0 atom stereocenters. The van der Waals surface area contributed by atoms with Crippen molar-refractivity contribution < 1.29 is 9.53 Å². The second kappa shape index (κ2) is 5.02. The molecule has 0 heterocycles. The van der Waals surface area contributed by atoms with Crippen LogP contribution >= 0.6 is 11.6 Å². The van der Waals surface area contributed by atoms with E-state index in [9.17, 15) is 4.79 Å². The van der Waals surface area contributed by atoms with Crippen LogP contribution in [0.2, 0.25) is 5.02 Å². The molecule has 2 aromatic rings. The zero-order chi connectivity index (χ0) is 12.3. The average Bonchev–Trinajstić information content (AvgIpc) is 2.33. The molecule has 0 spiro atoms. The summed E-state index contributed by atoms with van der Waals surface area (Å²) in [6.45, 7) is 1.92. The van der Waals surface area contributed by atoms with Crippen molar-refractivity contribution in [3.63, 3.8) is 0 Å². The van der Waals surface area contributed by atoms with Gasteiger partial charge in [-0.25, -0.2) is 0 Å². The van der Waals surface area contributed by atoms with Crippen LogP contribution in [0.5, 0.6) is 11.5 Å². The molecule has 0 saturated carbocycles. The van der Waals surface area contributed by atoms with Gasteiger partial charge in [-0.05, 0) is 42.8 Å². The fourth-order valence-corrected chi connectivity index (χ4v) is 1.73. The van der Waals surface area contributed by atoms with Crippen molar-refractivity contribution in [2.75, 3.05) is 0 Å². The maximum Gasteiger partial charge on any atom is 0.150 e. The molecule has 0 unspecified atom stereocenters. The number of carbonyl (C=O) groups excluding carboxylic acids is 1. The van der Waals surface area contributed by atoms with Gasteiger partial charge in [0.2, 0.25) is 0 Å². The average molecular weight is 247 g/mol. The van der Waals surface area contributed by atoms with Gasteiger partial charge in [0.25, 0.3) is 0 Å². The molecule has 2 rings (SSSR count). The molecule has 0 radical (unpaired) electrons. The highest BCUT2D eigenvalue weighted by atomic mass is 35.5. The first-order chi connectivity index (χ1) is 8.19. The van der Waals surface area contributed by atoms with E-state index < -0.39 is 0 Å². The van der Waals surface area contributed by atoms with Crippen LogP contribution in [0, 0.1) is 6.92 Å². The van der Waals surface area contributed by atoms with Crippen molar-refractivity contribution in [2.45, 2.75) is 6.92 Å². The van der Waals surface area contributed by atoms with Crippen molar-refractivity contribution in [2.24, 2.45) is 0 Å². The van der Waals surface area contributed by atoms with Crippen molar-refractivity contribution >= 4 is 17.9 Å². The molecule has 0 aliphatic heterocycles. The first-order valence-corrected chi connectivity index (χ1v) is 5.56. The summed E-state index contributed by atoms with van der Waals surface area (Å²) in [5.74, 6) is 1.37. The lowest BCUT2D eigenvalue weighted by atomic mass is 10.2. The van der Waals surface area contributed by atoms with Gasteiger partial charge in [-0.15, -0.1) is 0 Å². The highest BCUT2D eigenvalue weighted by molar-refractivity contribution is 6.30. The summed E-state index contributed by atoms with van der Waals surface area (Å²) in [4.78, 5) is 10.6. The van der Waals surface area contributed by atoms with Crippen molar-refractivity contribution in [1.29, 1.82) is 0 Å². The molecule has 2 nitrogen and oxygen atoms in total. The smallest absolute Gasteiger partial charge is 0.150 e. The van der Waals surface area contributed by atoms with E-state index in [1.165, 1.54) is 0 Å². The first kappa shape index (κ1) is 11.7. The molecule has 0 saturated heterocycles. The largest absolute Gasteiger partial charge is 0.457 e. The zero-order valence-corrected chi connectivity index (χ0v) is 10.1. The third-order valence-electron chi connectivity index (χ3n) is 2.36. The molecule has 2 aromatic carbocycles. The summed E-state index contributed by atoms with van der Waals surface area (Å²) < 4.78 is 5.69. The molecule has 0 aromatic heterocycles. The number of rotatable bonds is 3. The standard InChI is InChI=1S/C14H11ClO2/c1-10-7-12(15)5-6-14(10)17-13-4-2-3-11(8-13)9-16/h2-9H,1H3. The number of carbonyl (C=O) groups is 1. The second-order valence-electron chi connectivity index (χ2n) is 3.70. The maximum atomic E-state index is 10.6. The molecule has 0 fully saturated rings. The zero-order valence-electron chi connectivity index (χ0n) is 9.31. The van der Waals surface area contributed by atoms with Crippen LogP contribution in [-0.2, 0) is 0 Å². The Bertz CT molecular complexity index is 550. The minimum Gasteiger partial charge on any atom is -0.457 e. The quantitative estimate of drug-likeness (QED) is 0.757. The highest BCUT2D eigenvalue weighted by Crippen LogP contribution is 2.27. The SMILES string of the molecule is Cc1cc(Cl)ccc1Oc1cccc(C=O)c1. The van der Waals surface area contributed by atoms with E-state index >= 15 is 0 Å². The lowest BCUT2D eigenvalue weighted by Crippen LogP contribution is -1.88.